The minimum absolute atomic E-state index is 0.00116. The number of aromatic nitrogens is 3. The van der Waals surface area contributed by atoms with Crippen LogP contribution in [0.25, 0.3) is 10.9 Å². The van der Waals surface area contributed by atoms with Crippen LogP contribution < -0.4 is 54.4 Å². The molecule has 0 radical (unpaired) electrons. The van der Waals surface area contributed by atoms with Gasteiger partial charge < -0.3 is 64.0 Å². The summed E-state index contributed by atoms with van der Waals surface area (Å²) in [6, 6.07) is 0.192. The second-order valence-corrected chi connectivity index (χ2v) is 18.4. The Morgan fingerprint density at radius 2 is 1.38 bits per heavy atom. The summed E-state index contributed by atoms with van der Waals surface area (Å²) in [5.74, 6) is -6.23. The number of rotatable bonds is 29. The van der Waals surface area contributed by atoms with Gasteiger partial charge in [-0.3, -0.25) is 43.2 Å². The van der Waals surface area contributed by atoms with Crippen LogP contribution in [0.4, 0.5) is 0 Å². The summed E-state index contributed by atoms with van der Waals surface area (Å²) in [7, 11) is 1.74. The molecule has 1 aromatic carbocycles. The topological polar surface area (TPSA) is 350 Å². The molecule has 0 fully saturated rings. The standard InChI is InChI=1S/C47H73N13O9/c1-9-27(6)33(15-17-39(62)55-35(42(50)64)18-25(2)3)57-46(68)37(20-30-22-51-24-60(30)8)56-40(63)23-53-47(69)41(26(4)5)59-43(65)28(7)54-45(67)36(58-44(66)32(48)14-16-38(49)61)19-29-21-52-34-13-11-10-12-31(29)34/h10-13,21-22,24-28,32-33,35-37,41,52H,9,14-20,23,48H2,1-8H3,(H2,49,61)(H2,50,64)(H,53,69)(H,54,67)(H,55,62)(H,56,63)(H,57,68)(H,58,66)(H,59,65)/t27?,28-,32-,33+,35-,36-,37-,41-/m0/s1. The molecule has 0 spiro atoms. The van der Waals surface area contributed by atoms with E-state index in [0.717, 1.165) is 10.9 Å². The van der Waals surface area contributed by atoms with E-state index in [9.17, 15) is 43.2 Å². The van der Waals surface area contributed by atoms with E-state index in [-0.39, 0.29) is 56.3 Å². The first-order valence-electron chi connectivity index (χ1n) is 23.4. The number of imidazole rings is 1. The molecule has 2 heterocycles. The molecular formula is C47H73N13O9. The van der Waals surface area contributed by atoms with Crippen molar-refractivity contribution in [3.8, 4) is 0 Å². The van der Waals surface area contributed by atoms with Crippen molar-refractivity contribution in [2.75, 3.05) is 6.54 Å². The third-order valence-electron chi connectivity index (χ3n) is 11.9. The summed E-state index contributed by atoms with van der Waals surface area (Å²) in [5, 5.41) is 19.6. The zero-order valence-electron chi connectivity index (χ0n) is 41.0. The van der Waals surface area contributed by atoms with Crippen LogP contribution >= 0.6 is 0 Å². The fourth-order valence-electron chi connectivity index (χ4n) is 7.49. The average Bonchev–Trinajstić information content (AvgIpc) is 3.90. The van der Waals surface area contributed by atoms with Gasteiger partial charge >= 0.3 is 0 Å². The number of primary amides is 2. The van der Waals surface area contributed by atoms with Crippen molar-refractivity contribution in [1.82, 2.24) is 51.8 Å². The summed E-state index contributed by atoms with van der Waals surface area (Å²) in [6.45, 7) is 11.9. The number of nitrogens with two attached hydrogens (primary N) is 3. The quantitative estimate of drug-likeness (QED) is 0.0415. The van der Waals surface area contributed by atoms with Gasteiger partial charge in [0.05, 0.1) is 18.9 Å². The number of aryl methyl sites for hydroxylation is 1. The van der Waals surface area contributed by atoms with Crippen LogP contribution in [-0.4, -0.2) is 117 Å². The highest BCUT2D eigenvalue weighted by Gasteiger charge is 2.32. The second kappa shape index (κ2) is 27.2. The van der Waals surface area contributed by atoms with Gasteiger partial charge in [-0.05, 0) is 55.6 Å². The second-order valence-electron chi connectivity index (χ2n) is 18.4. The van der Waals surface area contributed by atoms with Crippen molar-refractivity contribution < 1.29 is 43.2 Å². The van der Waals surface area contributed by atoms with Gasteiger partial charge in [-0.1, -0.05) is 66.2 Å². The predicted octanol–water partition coefficient (Wildman–Crippen LogP) is -0.662. The van der Waals surface area contributed by atoms with Crippen molar-refractivity contribution in [3.05, 3.63) is 54.2 Å². The number of carbonyl (C=O) groups is 9. The zero-order valence-corrected chi connectivity index (χ0v) is 41.0. The van der Waals surface area contributed by atoms with Gasteiger partial charge in [0.15, 0.2) is 0 Å². The Balaban J connectivity index is 1.68. The lowest BCUT2D eigenvalue weighted by atomic mass is 9.94. The number of nitrogens with one attached hydrogen (secondary N) is 8. The summed E-state index contributed by atoms with van der Waals surface area (Å²) in [5.41, 5.74) is 18.9. The van der Waals surface area contributed by atoms with E-state index < -0.39 is 102 Å². The van der Waals surface area contributed by atoms with Gasteiger partial charge in [0.2, 0.25) is 53.2 Å². The Morgan fingerprint density at radius 3 is 1.99 bits per heavy atom. The van der Waals surface area contributed by atoms with Crippen LogP contribution in [0.15, 0.2) is 43.0 Å². The minimum Gasteiger partial charge on any atom is -0.370 e. The Bertz CT molecular complexity index is 2260. The van der Waals surface area contributed by atoms with Crippen LogP contribution in [0.5, 0.6) is 0 Å². The summed E-state index contributed by atoms with van der Waals surface area (Å²) in [4.78, 5) is 125. The van der Waals surface area contributed by atoms with E-state index in [1.807, 2.05) is 52.0 Å². The Labute approximate surface area is 402 Å². The number of nitrogens with zero attached hydrogens (tertiary/aromatic N) is 2. The third-order valence-corrected chi connectivity index (χ3v) is 11.9. The fraction of sp³-hybridized carbons (Fsp3) is 0.574. The lowest BCUT2D eigenvalue weighted by Crippen LogP contribution is -2.58. The molecule has 0 bridgehead atoms. The molecule has 3 aromatic rings. The number of aromatic amines is 1. The van der Waals surface area contributed by atoms with E-state index >= 15 is 0 Å². The smallest absolute Gasteiger partial charge is 0.243 e. The Morgan fingerprint density at radius 1 is 0.725 bits per heavy atom. The number of hydrogen-bond acceptors (Lipinski definition) is 11. The van der Waals surface area contributed by atoms with Crippen LogP contribution in [0.3, 0.4) is 0 Å². The monoisotopic (exact) mass is 964 g/mol. The van der Waals surface area contributed by atoms with Gasteiger partial charge in [-0.25, -0.2) is 4.98 Å². The van der Waals surface area contributed by atoms with E-state index in [1.165, 1.54) is 6.92 Å². The maximum Gasteiger partial charge on any atom is 0.243 e. The van der Waals surface area contributed by atoms with Crippen molar-refractivity contribution in [2.45, 2.75) is 142 Å². The van der Waals surface area contributed by atoms with E-state index in [4.69, 9.17) is 17.2 Å². The minimum atomic E-state index is -1.21. The normalized spacial score (nSPS) is 14.8. The fourth-order valence-corrected chi connectivity index (χ4v) is 7.49. The number of H-pyrrole nitrogens is 1. The number of hydrogen-bond donors (Lipinski definition) is 11. The van der Waals surface area contributed by atoms with E-state index in [1.54, 1.807) is 44.2 Å². The SMILES string of the molecule is CCC(C)[C@@H](CCC(=O)N[C@@H](CC(C)C)C(N)=O)NC(=O)[C@H](Cc1cncn1C)NC(=O)CNC(=O)[C@@H](NC(=O)[C@H](C)NC(=O)[C@H](Cc1c[nH]c2ccccc12)NC(=O)[C@@H](N)CCC(N)=O)C(C)C. The number of amides is 9. The highest BCUT2D eigenvalue weighted by molar-refractivity contribution is 5.96. The van der Waals surface area contributed by atoms with Gasteiger partial charge in [-0.2, -0.15) is 0 Å². The molecular weight excluding hydrogens is 891 g/mol. The molecule has 0 aliphatic rings. The molecule has 0 saturated heterocycles. The molecule has 2 aromatic heterocycles. The van der Waals surface area contributed by atoms with Crippen molar-refractivity contribution in [3.63, 3.8) is 0 Å². The third kappa shape index (κ3) is 18.3. The molecule has 380 valence electrons. The zero-order chi connectivity index (χ0) is 51.5. The molecule has 3 rings (SSSR count). The molecule has 14 N–H and O–H groups in total. The first-order chi connectivity index (χ1) is 32.5. The maximum atomic E-state index is 14.0. The largest absolute Gasteiger partial charge is 0.370 e. The van der Waals surface area contributed by atoms with Crippen LogP contribution in [0, 0.1) is 17.8 Å². The van der Waals surface area contributed by atoms with Gasteiger partial charge in [0, 0.05) is 67.8 Å². The summed E-state index contributed by atoms with van der Waals surface area (Å²) in [6.07, 6.45) is 5.95. The lowest BCUT2D eigenvalue weighted by molar-refractivity contribution is -0.134. The average molecular weight is 964 g/mol. The van der Waals surface area contributed by atoms with Crippen LogP contribution in [0.2, 0.25) is 0 Å². The molecule has 1 unspecified atom stereocenters. The molecule has 0 saturated carbocycles. The highest BCUT2D eigenvalue weighted by Crippen LogP contribution is 2.20. The van der Waals surface area contributed by atoms with Gasteiger partial charge in [0.25, 0.3) is 0 Å². The maximum absolute atomic E-state index is 14.0. The van der Waals surface area contributed by atoms with Crippen LogP contribution in [0.1, 0.15) is 98.2 Å². The predicted molar refractivity (Wildman–Crippen MR) is 258 cm³/mol. The van der Waals surface area contributed by atoms with Crippen molar-refractivity contribution in [1.29, 1.82) is 0 Å². The first kappa shape index (κ1) is 56.5. The molecule has 0 aliphatic heterocycles. The molecule has 9 amide bonds. The Hall–Kier alpha value is -6.84. The van der Waals surface area contributed by atoms with E-state index in [2.05, 4.69) is 47.2 Å². The first-order valence-corrected chi connectivity index (χ1v) is 23.4. The van der Waals surface area contributed by atoms with Crippen molar-refractivity contribution >= 4 is 64.1 Å². The lowest BCUT2D eigenvalue weighted by Gasteiger charge is -2.28. The van der Waals surface area contributed by atoms with Crippen LogP contribution in [-0.2, 0) is 63.0 Å². The molecule has 22 heteroatoms. The molecule has 0 aliphatic carbocycles. The number of para-hydroxylation sites is 1. The Kier molecular flexibility index (Phi) is 22.3. The molecule has 69 heavy (non-hydrogen) atoms. The molecule has 22 nitrogen and oxygen atoms in total. The highest BCUT2D eigenvalue weighted by atomic mass is 16.2. The number of fused-ring (bicyclic) bond motifs is 1. The summed E-state index contributed by atoms with van der Waals surface area (Å²) >= 11 is 0. The van der Waals surface area contributed by atoms with Crippen molar-refractivity contribution in [2.24, 2.45) is 42.0 Å². The number of carbonyl (C=O) groups excluding carboxylic acids is 9. The van der Waals surface area contributed by atoms with Gasteiger partial charge in [0.1, 0.15) is 30.2 Å². The molecule has 8 atom stereocenters. The summed E-state index contributed by atoms with van der Waals surface area (Å²) < 4.78 is 1.70. The van der Waals surface area contributed by atoms with Gasteiger partial charge in [-0.15, -0.1) is 0 Å². The van der Waals surface area contributed by atoms with E-state index in [0.29, 0.717) is 24.1 Å². The number of benzene rings is 1.